The van der Waals surface area contributed by atoms with E-state index in [1.807, 2.05) is 31.2 Å². The van der Waals surface area contributed by atoms with Crippen molar-refractivity contribution < 1.29 is 9.53 Å². The van der Waals surface area contributed by atoms with E-state index in [9.17, 15) is 4.79 Å². The second-order valence-corrected chi connectivity index (χ2v) is 5.48. The molecule has 0 aromatic heterocycles. The first-order valence-electron chi connectivity index (χ1n) is 7.73. The summed E-state index contributed by atoms with van der Waals surface area (Å²) in [5.74, 6) is 0. The Kier molecular flexibility index (Phi) is 4.33. The van der Waals surface area contributed by atoms with Crippen molar-refractivity contribution in [2.45, 2.75) is 6.92 Å². The Morgan fingerprint density at radius 2 is 1.78 bits per heavy atom. The van der Waals surface area contributed by atoms with Crippen LogP contribution in [0.4, 0.5) is 16.2 Å². The minimum atomic E-state index is -0.309. The number of nitrogens with one attached hydrogen (secondary N) is 1. The van der Waals surface area contributed by atoms with Gasteiger partial charge in [0.15, 0.2) is 0 Å². The number of amides is 1. The van der Waals surface area contributed by atoms with E-state index in [2.05, 4.69) is 35.7 Å². The van der Waals surface area contributed by atoms with E-state index in [0.29, 0.717) is 13.2 Å². The van der Waals surface area contributed by atoms with Gasteiger partial charge in [0.2, 0.25) is 0 Å². The number of carbonyl (C=O) groups excluding carboxylic acids is 1. The van der Waals surface area contributed by atoms with Crippen molar-refractivity contribution >= 4 is 29.1 Å². The number of hydrogen-bond donors (Lipinski definition) is 1. The molecule has 0 aliphatic carbocycles. The zero-order valence-electron chi connectivity index (χ0n) is 13.4. The third-order valence-corrected chi connectivity index (χ3v) is 3.82. The summed E-state index contributed by atoms with van der Waals surface area (Å²) < 4.78 is 5.08. The molecule has 0 fully saturated rings. The molecule has 0 saturated heterocycles. The number of fused-ring (bicyclic) bond motifs is 2. The first-order valence-corrected chi connectivity index (χ1v) is 7.73. The van der Waals surface area contributed by atoms with E-state index in [0.717, 1.165) is 28.1 Å². The van der Waals surface area contributed by atoms with Gasteiger partial charge in [0, 0.05) is 30.5 Å². The van der Waals surface area contributed by atoms with Gasteiger partial charge < -0.3 is 15.0 Å². The summed E-state index contributed by atoms with van der Waals surface area (Å²) in [6.45, 7) is 2.68. The lowest BCUT2D eigenvalue weighted by Gasteiger charge is -2.19. The first-order chi connectivity index (χ1) is 11.2. The number of rotatable bonds is 3. The van der Waals surface area contributed by atoms with Crippen molar-refractivity contribution in [1.29, 1.82) is 0 Å². The van der Waals surface area contributed by atoms with Crippen molar-refractivity contribution in [2.24, 2.45) is 0 Å². The van der Waals surface area contributed by atoms with Crippen LogP contribution in [0.1, 0.15) is 18.1 Å². The van der Waals surface area contributed by atoms with Gasteiger partial charge in [-0.3, -0.25) is 0 Å². The summed E-state index contributed by atoms with van der Waals surface area (Å²) in [6.07, 6.45) is 1.82. The molecule has 3 rings (SSSR count). The van der Waals surface area contributed by atoms with Crippen LogP contribution in [0.2, 0.25) is 0 Å². The van der Waals surface area contributed by atoms with Gasteiger partial charge in [0.1, 0.15) is 0 Å². The Labute approximate surface area is 136 Å². The smallest absolute Gasteiger partial charge is 0.409 e. The zero-order chi connectivity index (χ0) is 16.2. The van der Waals surface area contributed by atoms with E-state index in [1.165, 1.54) is 0 Å². The van der Waals surface area contributed by atoms with Crippen LogP contribution in [-0.4, -0.2) is 31.2 Å². The number of nitrogens with zero attached hydrogens (tertiary/aromatic N) is 1. The molecular formula is C19H20N2O2. The monoisotopic (exact) mass is 308 g/mol. The van der Waals surface area contributed by atoms with Crippen molar-refractivity contribution in [3.8, 4) is 0 Å². The Balaban J connectivity index is 1.99. The average molecular weight is 308 g/mol. The standard InChI is InChI=1S/C19H20N2O2/c1-3-23-19(22)21(2)13-15-12-14-8-4-6-10-17(14)20-18-11-7-5-9-16(15)18/h4-12,20H,3,13H2,1-2H3. The minimum absolute atomic E-state index is 0.309. The molecule has 0 saturated carbocycles. The molecule has 2 aromatic carbocycles. The predicted octanol–water partition coefficient (Wildman–Crippen LogP) is 4.37. The number of hydrogen-bond acceptors (Lipinski definition) is 3. The van der Waals surface area contributed by atoms with E-state index >= 15 is 0 Å². The van der Waals surface area contributed by atoms with Crippen LogP contribution in [0.25, 0.3) is 11.6 Å². The van der Waals surface area contributed by atoms with Crippen LogP contribution in [0.5, 0.6) is 0 Å². The van der Waals surface area contributed by atoms with Crippen LogP contribution in [0, 0.1) is 0 Å². The topological polar surface area (TPSA) is 41.6 Å². The second kappa shape index (κ2) is 6.57. The van der Waals surface area contributed by atoms with Crippen molar-refractivity contribution in [3.05, 3.63) is 59.7 Å². The third-order valence-electron chi connectivity index (χ3n) is 3.82. The molecule has 0 unspecified atom stereocenters. The van der Waals surface area contributed by atoms with E-state index in [-0.39, 0.29) is 6.09 Å². The number of para-hydroxylation sites is 2. The molecule has 1 aliphatic rings. The largest absolute Gasteiger partial charge is 0.450 e. The highest BCUT2D eigenvalue weighted by molar-refractivity contribution is 5.95. The van der Waals surface area contributed by atoms with Crippen LogP contribution in [-0.2, 0) is 4.74 Å². The van der Waals surface area contributed by atoms with Gasteiger partial charge in [-0.15, -0.1) is 0 Å². The van der Waals surface area contributed by atoms with Crippen molar-refractivity contribution in [1.82, 2.24) is 4.90 Å². The highest BCUT2D eigenvalue weighted by Crippen LogP contribution is 2.34. The highest BCUT2D eigenvalue weighted by atomic mass is 16.5. The fraction of sp³-hybridized carbons (Fsp3) is 0.211. The Bertz CT molecular complexity index is 753. The molecule has 4 heteroatoms. The van der Waals surface area contributed by atoms with Crippen LogP contribution in [0.3, 0.4) is 0 Å². The Morgan fingerprint density at radius 1 is 1.09 bits per heavy atom. The van der Waals surface area contributed by atoms with Crippen LogP contribution < -0.4 is 5.32 Å². The SMILES string of the molecule is CCOC(=O)N(C)CC1=Cc2ccccc2Nc2ccccc21. The van der Waals surface area contributed by atoms with Gasteiger partial charge in [-0.1, -0.05) is 36.4 Å². The summed E-state index contributed by atoms with van der Waals surface area (Å²) in [5.41, 5.74) is 5.39. The van der Waals surface area contributed by atoms with E-state index in [1.54, 1.807) is 11.9 Å². The van der Waals surface area contributed by atoms with Gasteiger partial charge in [-0.25, -0.2) is 4.79 Å². The molecule has 0 radical (unpaired) electrons. The molecule has 1 aliphatic heterocycles. The molecule has 118 valence electrons. The average Bonchev–Trinajstić information content (AvgIpc) is 2.71. The van der Waals surface area contributed by atoms with Crippen molar-refractivity contribution in [2.75, 3.05) is 25.5 Å². The lowest BCUT2D eigenvalue weighted by Crippen LogP contribution is -2.29. The normalized spacial score (nSPS) is 12.2. The summed E-state index contributed by atoms with van der Waals surface area (Å²) >= 11 is 0. The summed E-state index contributed by atoms with van der Waals surface area (Å²) in [6, 6.07) is 16.3. The van der Waals surface area contributed by atoms with Gasteiger partial charge in [-0.05, 0) is 36.3 Å². The van der Waals surface area contributed by atoms with Crippen LogP contribution >= 0.6 is 0 Å². The molecular weight excluding hydrogens is 288 g/mol. The maximum absolute atomic E-state index is 11.9. The van der Waals surface area contributed by atoms with E-state index in [4.69, 9.17) is 4.74 Å². The lowest BCUT2D eigenvalue weighted by molar-refractivity contribution is 0.120. The maximum atomic E-state index is 11.9. The number of anilines is 2. The Hall–Kier alpha value is -2.75. The molecule has 1 N–H and O–H groups in total. The third kappa shape index (κ3) is 3.21. The molecule has 0 bridgehead atoms. The molecule has 0 atom stereocenters. The number of ether oxygens (including phenoxy) is 1. The zero-order valence-corrected chi connectivity index (χ0v) is 13.4. The summed E-state index contributed by atoms with van der Waals surface area (Å²) in [7, 11) is 1.76. The molecule has 2 aromatic rings. The molecule has 1 heterocycles. The predicted molar refractivity (Wildman–Crippen MR) is 93.7 cm³/mol. The maximum Gasteiger partial charge on any atom is 0.409 e. The first kappa shape index (κ1) is 15.2. The van der Waals surface area contributed by atoms with Gasteiger partial charge >= 0.3 is 6.09 Å². The molecule has 0 spiro atoms. The quantitative estimate of drug-likeness (QED) is 0.915. The number of benzene rings is 2. The summed E-state index contributed by atoms with van der Waals surface area (Å²) in [5, 5.41) is 3.47. The lowest BCUT2D eigenvalue weighted by atomic mass is 10.0. The molecule has 23 heavy (non-hydrogen) atoms. The fourth-order valence-corrected chi connectivity index (χ4v) is 2.70. The molecule has 4 nitrogen and oxygen atoms in total. The highest BCUT2D eigenvalue weighted by Gasteiger charge is 2.18. The Morgan fingerprint density at radius 3 is 2.57 bits per heavy atom. The number of carbonyl (C=O) groups is 1. The fourth-order valence-electron chi connectivity index (χ4n) is 2.70. The van der Waals surface area contributed by atoms with Gasteiger partial charge in [-0.2, -0.15) is 0 Å². The van der Waals surface area contributed by atoms with Crippen molar-refractivity contribution in [3.63, 3.8) is 0 Å². The number of likely N-dealkylation sites (N-methyl/N-ethyl adjacent to an activating group) is 1. The second-order valence-electron chi connectivity index (χ2n) is 5.48. The van der Waals surface area contributed by atoms with Crippen LogP contribution in [0.15, 0.2) is 48.5 Å². The van der Waals surface area contributed by atoms with Gasteiger partial charge in [0.05, 0.1) is 6.61 Å². The minimum Gasteiger partial charge on any atom is -0.450 e. The summed E-state index contributed by atoms with van der Waals surface area (Å²) in [4.78, 5) is 13.5. The van der Waals surface area contributed by atoms with E-state index < -0.39 is 0 Å². The molecule has 1 amide bonds. The van der Waals surface area contributed by atoms with Gasteiger partial charge in [0.25, 0.3) is 0 Å².